The molecule has 4 aliphatic rings. The highest BCUT2D eigenvalue weighted by atomic mass is 16.7. The summed E-state index contributed by atoms with van der Waals surface area (Å²) in [6, 6.07) is 2.93. The first-order chi connectivity index (χ1) is 33.6. The normalized spacial score (nSPS) is 37.3. The molecule has 1 saturated carbocycles. The molecule has 0 spiro atoms. The van der Waals surface area contributed by atoms with Crippen LogP contribution in [0.25, 0.3) is 5.82 Å². The van der Waals surface area contributed by atoms with E-state index in [1.54, 1.807) is 68.5 Å². The largest absolute Gasteiger partial charge is 0.462 e. The highest BCUT2D eigenvalue weighted by Gasteiger charge is 2.48. The van der Waals surface area contributed by atoms with E-state index in [0.717, 1.165) is 11.1 Å². The number of cyclic esters (lactones) is 1. The van der Waals surface area contributed by atoms with Gasteiger partial charge in [0.05, 0.1) is 68.9 Å². The highest BCUT2D eigenvalue weighted by Crippen LogP contribution is 2.36. The number of fused-ring (bicyclic) bond motifs is 3. The lowest BCUT2D eigenvalue weighted by Gasteiger charge is -2.47. The molecule has 70 heavy (non-hydrogen) atoms. The van der Waals surface area contributed by atoms with Crippen molar-refractivity contribution in [3.8, 4) is 5.82 Å². The number of likely N-dealkylation sites (N-methyl/N-ethyl adjacent to an activating group) is 1. The summed E-state index contributed by atoms with van der Waals surface area (Å²) in [7, 11) is 6.64. The number of hydrogen-bond acceptors (Lipinski definition) is 19. The van der Waals surface area contributed by atoms with Crippen molar-refractivity contribution in [1.82, 2.24) is 24.6 Å². The van der Waals surface area contributed by atoms with Crippen LogP contribution in [0, 0.1) is 23.7 Å². The first-order valence-electron chi connectivity index (χ1n) is 24.6. The molecule has 20 heteroatoms. The van der Waals surface area contributed by atoms with Gasteiger partial charge in [-0.15, -0.1) is 0 Å². The first kappa shape index (κ1) is 55.3. The summed E-state index contributed by atoms with van der Waals surface area (Å²) in [4.78, 5) is 44.5. The van der Waals surface area contributed by atoms with Crippen LogP contribution in [0.5, 0.6) is 0 Å². The molecule has 16 atom stereocenters. The Hall–Kier alpha value is -4.06. The summed E-state index contributed by atoms with van der Waals surface area (Å²) in [6.45, 7) is 9.83. The lowest BCUT2D eigenvalue weighted by molar-refractivity contribution is -0.305. The van der Waals surface area contributed by atoms with E-state index in [4.69, 9.17) is 42.7 Å². The average Bonchev–Trinajstić information content (AvgIpc) is 3.88. The third-order valence-corrected chi connectivity index (χ3v) is 14.0. The van der Waals surface area contributed by atoms with E-state index in [0.29, 0.717) is 43.6 Å². The number of ketones is 1. The number of aromatic nitrogens is 4. The number of aliphatic hydroxyl groups excluding tert-OH is 3. The summed E-state index contributed by atoms with van der Waals surface area (Å²) in [6.07, 6.45) is 3.42. The number of rotatable bonds is 13. The van der Waals surface area contributed by atoms with Crippen molar-refractivity contribution < 1.29 is 67.6 Å². The Kier molecular flexibility index (Phi) is 21.0. The molecule has 3 N–H and O–H groups in total. The number of pyridine rings is 1. The van der Waals surface area contributed by atoms with E-state index in [-0.39, 0.29) is 51.2 Å². The molecular formula is C50H76N6O14. The van der Waals surface area contributed by atoms with Crippen LogP contribution in [0.2, 0.25) is 0 Å². The predicted molar refractivity (Wildman–Crippen MR) is 254 cm³/mol. The topological polar surface area (TPSA) is 237 Å². The molecule has 1 unspecified atom stereocenters. The molecule has 390 valence electrons. The van der Waals surface area contributed by atoms with Crippen molar-refractivity contribution in [1.29, 1.82) is 0 Å². The van der Waals surface area contributed by atoms with Gasteiger partial charge in [0, 0.05) is 50.3 Å². The fourth-order valence-corrected chi connectivity index (χ4v) is 10.0. The van der Waals surface area contributed by atoms with Crippen molar-refractivity contribution in [3.05, 3.63) is 60.3 Å². The molecular weight excluding hydrogens is 909 g/mol. The summed E-state index contributed by atoms with van der Waals surface area (Å²) in [5.74, 6) is -1.87. The number of nitrogens with zero attached hydrogens (tertiary/aromatic N) is 6. The van der Waals surface area contributed by atoms with E-state index in [9.17, 15) is 24.9 Å². The van der Waals surface area contributed by atoms with Gasteiger partial charge in [-0.2, -0.15) is 5.10 Å². The summed E-state index contributed by atoms with van der Waals surface area (Å²) in [5, 5.41) is 42.0. The molecule has 1 aliphatic carbocycles. The number of hydrogen-bond donors (Lipinski definition) is 3. The van der Waals surface area contributed by atoms with Crippen LogP contribution < -0.4 is 0 Å². The van der Waals surface area contributed by atoms with Gasteiger partial charge in [0.1, 0.15) is 49.4 Å². The van der Waals surface area contributed by atoms with Gasteiger partial charge in [-0.3, -0.25) is 9.59 Å². The number of methoxy groups -OCH3 is 2. The van der Waals surface area contributed by atoms with Gasteiger partial charge in [-0.05, 0) is 78.1 Å². The molecule has 3 fully saturated rings. The zero-order valence-electron chi connectivity index (χ0n) is 42.2. The Bertz CT molecular complexity index is 2020. The Labute approximate surface area is 411 Å². The average molecular weight is 985 g/mol. The fraction of sp³-hybridized carbons (Fsp3) is 0.720. The van der Waals surface area contributed by atoms with Crippen LogP contribution in [-0.4, -0.2) is 186 Å². The minimum atomic E-state index is -1.25. The van der Waals surface area contributed by atoms with E-state index in [1.165, 1.54) is 13.4 Å². The van der Waals surface area contributed by atoms with Gasteiger partial charge in [-0.25, -0.2) is 14.6 Å². The van der Waals surface area contributed by atoms with Crippen LogP contribution in [0.4, 0.5) is 0 Å². The van der Waals surface area contributed by atoms with Crippen LogP contribution in [-0.2, 0) is 58.9 Å². The van der Waals surface area contributed by atoms with E-state index in [1.807, 2.05) is 39.8 Å². The SMILES string of the molecule is CC[C@H]1OC(=O)C[C@H]2OC/C(=N/OCc3ccc(-n4cncn4)nc3)COCCC(C[C@@H](C)C(=O)/C=C/C(C)=C/[C@@H]1CO[C@@H]1CC[C@@H](O)[C@@H](OC)[C@H]1OC)[C@H](O[C@@H]1O[C@H](C)[C@@H](O)[C@H](N(C)C)[C@H]1O)[C@H]2C. The van der Waals surface area contributed by atoms with E-state index < -0.39 is 97.1 Å². The minimum Gasteiger partial charge on any atom is -0.462 e. The smallest absolute Gasteiger partial charge is 0.308 e. The lowest BCUT2D eigenvalue weighted by atomic mass is 9.79. The number of carbonyl (C=O) groups excluding carboxylic acids is 2. The molecule has 2 bridgehead atoms. The van der Waals surface area contributed by atoms with Gasteiger partial charge in [0.2, 0.25) is 0 Å². The molecule has 0 radical (unpaired) electrons. The second-order valence-corrected chi connectivity index (χ2v) is 19.4. The number of esters is 1. The Morgan fingerprint density at radius 2 is 1.76 bits per heavy atom. The zero-order chi connectivity index (χ0) is 50.5. The molecule has 2 saturated heterocycles. The van der Waals surface area contributed by atoms with Crippen LogP contribution >= 0.6 is 0 Å². The molecule has 6 rings (SSSR count). The van der Waals surface area contributed by atoms with E-state index >= 15 is 0 Å². The molecule has 0 amide bonds. The highest BCUT2D eigenvalue weighted by molar-refractivity contribution is 5.91. The molecule has 2 aromatic heterocycles. The van der Waals surface area contributed by atoms with Crippen molar-refractivity contribution in [3.63, 3.8) is 0 Å². The number of aliphatic hydroxyl groups is 3. The first-order valence-corrected chi connectivity index (χ1v) is 24.6. The standard InChI is InChI=1S/C50H76N6O14/c1-10-39-35(24-65-40-15-14-38(58)48(62-8)49(40)63-9)19-29(2)11-13-37(57)30(3)20-34-17-18-64-25-36(54-67-23-33-12-16-42(52-22-33)56-28-51-27-53-56)26-66-41(21-43(59)69-39)31(4)47(34)70-50-46(61)44(55(6)7)45(60)32(5)68-50/h11-13,16,19,22,27-28,30-32,34-35,38-41,44-50,58,60-61H,10,14-15,17-18,20-21,23-26H2,1-9H3/b13-11+,29-19+,54-36+/t30-,31+,32-,34?,35-,38-,39-,40-,41-,44+,45-,46-,47-,48-,49+,50+/m1/s1. The second-order valence-electron chi connectivity index (χ2n) is 19.4. The summed E-state index contributed by atoms with van der Waals surface area (Å²) < 4.78 is 51.9. The van der Waals surface area contributed by atoms with Crippen LogP contribution in [0.3, 0.4) is 0 Å². The van der Waals surface area contributed by atoms with Crippen molar-refractivity contribution in [2.75, 3.05) is 54.7 Å². The lowest BCUT2D eigenvalue weighted by Crippen LogP contribution is -2.63. The second kappa shape index (κ2) is 26.6. The number of carbonyl (C=O) groups is 2. The van der Waals surface area contributed by atoms with Crippen molar-refractivity contribution in [2.45, 2.75) is 153 Å². The summed E-state index contributed by atoms with van der Waals surface area (Å²) >= 11 is 0. The third kappa shape index (κ3) is 14.6. The van der Waals surface area contributed by atoms with Crippen LogP contribution in [0.15, 0.2) is 59.9 Å². The van der Waals surface area contributed by atoms with Gasteiger partial charge in [-0.1, -0.05) is 49.7 Å². The maximum absolute atomic E-state index is 14.5. The molecule has 2 aromatic rings. The quantitative estimate of drug-likeness (QED) is 0.193. The van der Waals surface area contributed by atoms with Gasteiger partial charge >= 0.3 is 5.97 Å². The molecule has 20 nitrogen and oxygen atoms in total. The Morgan fingerprint density at radius 3 is 2.44 bits per heavy atom. The molecule has 5 heterocycles. The fourth-order valence-electron chi connectivity index (χ4n) is 10.0. The van der Waals surface area contributed by atoms with Gasteiger partial charge in [0.15, 0.2) is 17.9 Å². The number of ether oxygens (including phenoxy) is 8. The summed E-state index contributed by atoms with van der Waals surface area (Å²) in [5.41, 5.74) is 1.97. The predicted octanol–water partition coefficient (Wildman–Crippen LogP) is 3.38. The van der Waals surface area contributed by atoms with Crippen molar-refractivity contribution in [2.24, 2.45) is 28.8 Å². The Morgan fingerprint density at radius 1 is 0.971 bits per heavy atom. The van der Waals surface area contributed by atoms with Gasteiger partial charge in [0.25, 0.3) is 0 Å². The monoisotopic (exact) mass is 985 g/mol. The zero-order valence-corrected chi connectivity index (χ0v) is 42.2. The van der Waals surface area contributed by atoms with Crippen LogP contribution in [0.1, 0.15) is 78.7 Å². The number of oxime groups is 1. The maximum Gasteiger partial charge on any atom is 0.308 e. The third-order valence-electron chi connectivity index (χ3n) is 14.0. The maximum atomic E-state index is 14.5. The minimum absolute atomic E-state index is 0.0500. The molecule has 0 aromatic carbocycles. The van der Waals surface area contributed by atoms with Crippen molar-refractivity contribution >= 4 is 17.5 Å². The van der Waals surface area contributed by atoms with Gasteiger partial charge < -0.3 is 63.0 Å². The number of allylic oxidation sites excluding steroid dienone is 3. The Balaban J connectivity index is 1.31. The molecule has 3 aliphatic heterocycles. The van der Waals surface area contributed by atoms with E-state index in [2.05, 4.69) is 20.2 Å².